The second kappa shape index (κ2) is 5.43. The van der Waals surface area contributed by atoms with Gasteiger partial charge in [-0.2, -0.15) is 11.8 Å². The molecule has 0 aliphatic carbocycles. The van der Waals surface area contributed by atoms with Gasteiger partial charge in [0.2, 0.25) is 0 Å². The Balaban J connectivity index is 2.22. The highest BCUT2D eigenvalue weighted by atomic mass is 35.5. The molecular formula is C13H14ClNO3S. The molecule has 102 valence electrons. The molecule has 1 fully saturated rings. The second-order valence-corrected chi connectivity index (χ2v) is 6.14. The molecule has 0 spiro atoms. The van der Waals surface area contributed by atoms with Crippen molar-refractivity contribution in [3.63, 3.8) is 0 Å². The maximum absolute atomic E-state index is 12.2. The van der Waals surface area contributed by atoms with Gasteiger partial charge in [0.1, 0.15) is 5.54 Å². The number of carbonyl (C=O) groups is 2. The molecule has 1 amide bonds. The highest BCUT2D eigenvalue weighted by molar-refractivity contribution is 7.99. The molecule has 1 aliphatic rings. The number of benzene rings is 1. The van der Waals surface area contributed by atoms with E-state index in [9.17, 15) is 14.7 Å². The van der Waals surface area contributed by atoms with Crippen molar-refractivity contribution in [2.75, 3.05) is 11.5 Å². The normalized spacial score (nSPS) is 22.2. The Morgan fingerprint density at radius 3 is 2.74 bits per heavy atom. The van der Waals surface area contributed by atoms with Gasteiger partial charge in [0, 0.05) is 5.75 Å². The molecule has 0 saturated carbocycles. The van der Waals surface area contributed by atoms with E-state index >= 15 is 0 Å². The van der Waals surface area contributed by atoms with Crippen LogP contribution in [0.25, 0.3) is 0 Å². The molecule has 1 atom stereocenters. The number of carboxylic acids is 1. The largest absolute Gasteiger partial charge is 0.479 e. The Morgan fingerprint density at radius 1 is 1.47 bits per heavy atom. The van der Waals surface area contributed by atoms with Gasteiger partial charge >= 0.3 is 5.97 Å². The summed E-state index contributed by atoms with van der Waals surface area (Å²) in [6.07, 6.45) is 0.433. The first-order chi connectivity index (χ1) is 8.94. The quantitative estimate of drug-likeness (QED) is 0.899. The van der Waals surface area contributed by atoms with Crippen molar-refractivity contribution in [3.05, 3.63) is 34.3 Å². The Morgan fingerprint density at radius 2 is 2.21 bits per heavy atom. The van der Waals surface area contributed by atoms with Crippen LogP contribution in [0.3, 0.4) is 0 Å². The summed E-state index contributed by atoms with van der Waals surface area (Å²) in [5, 5.41) is 12.3. The predicted molar refractivity (Wildman–Crippen MR) is 76.0 cm³/mol. The number of thioether (sulfide) groups is 1. The third-order valence-corrected chi connectivity index (χ3v) is 4.66. The minimum absolute atomic E-state index is 0.310. The van der Waals surface area contributed by atoms with Crippen LogP contribution in [0.4, 0.5) is 0 Å². The highest BCUT2D eigenvalue weighted by Gasteiger charge is 2.43. The molecule has 2 N–H and O–H groups in total. The van der Waals surface area contributed by atoms with E-state index in [4.69, 9.17) is 11.6 Å². The van der Waals surface area contributed by atoms with Crippen LogP contribution in [0.1, 0.15) is 22.3 Å². The van der Waals surface area contributed by atoms with Crippen LogP contribution in [-0.2, 0) is 4.79 Å². The summed E-state index contributed by atoms with van der Waals surface area (Å²) in [5.41, 5.74) is 0.0892. The molecule has 1 heterocycles. The van der Waals surface area contributed by atoms with Crippen molar-refractivity contribution in [2.24, 2.45) is 0 Å². The van der Waals surface area contributed by atoms with Gasteiger partial charge in [-0.15, -0.1) is 0 Å². The smallest absolute Gasteiger partial charge is 0.330 e. The van der Waals surface area contributed by atoms with Gasteiger partial charge < -0.3 is 10.4 Å². The van der Waals surface area contributed by atoms with E-state index in [-0.39, 0.29) is 0 Å². The average molecular weight is 300 g/mol. The number of hydrogen-bond donors (Lipinski definition) is 2. The number of nitrogens with one attached hydrogen (secondary N) is 1. The molecule has 19 heavy (non-hydrogen) atoms. The van der Waals surface area contributed by atoms with Crippen molar-refractivity contribution in [1.29, 1.82) is 0 Å². The highest BCUT2D eigenvalue weighted by Crippen LogP contribution is 2.29. The Kier molecular flexibility index (Phi) is 4.06. The van der Waals surface area contributed by atoms with Crippen molar-refractivity contribution in [1.82, 2.24) is 5.32 Å². The second-order valence-electron chi connectivity index (χ2n) is 4.63. The molecule has 1 aromatic rings. The fraction of sp³-hybridized carbons (Fsp3) is 0.385. The summed E-state index contributed by atoms with van der Waals surface area (Å²) < 4.78 is 0. The van der Waals surface area contributed by atoms with E-state index < -0.39 is 17.4 Å². The summed E-state index contributed by atoms with van der Waals surface area (Å²) in [6, 6.07) is 5.08. The van der Waals surface area contributed by atoms with E-state index in [2.05, 4.69) is 5.32 Å². The molecular weight excluding hydrogens is 286 g/mol. The SMILES string of the molecule is Cc1ccc(C(=O)NC2(C(=O)O)CCSC2)c(Cl)c1. The molecule has 4 nitrogen and oxygen atoms in total. The lowest BCUT2D eigenvalue weighted by Gasteiger charge is -2.24. The molecule has 1 saturated heterocycles. The van der Waals surface area contributed by atoms with E-state index in [0.29, 0.717) is 22.8 Å². The fourth-order valence-corrected chi connectivity index (χ4v) is 3.62. The molecule has 2 rings (SSSR count). The number of carboxylic acid groups (broad SMARTS) is 1. The van der Waals surface area contributed by atoms with Crippen LogP contribution in [0.15, 0.2) is 18.2 Å². The van der Waals surface area contributed by atoms with Crippen molar-refractivity contribution < 1.29 is 14.7 Å². The van der Waals surface area contributed by atoms with Crippen molar-refractivity contribution in [3.8, 4) is 0 Å². The monoisotopic (exact) mass is 299 g/mol. The fourth-order valence-electron chi connectivity index (χ4n) is 1.97. The van der Waals surface area contributed by atoms with Gasteiger partial charge in [0.25, 0.3) is 5.91 Å². The predicted octanol–water partition coefficient (Wildman–Crippen LogP) is 2.34. The number of aliphatic carboxylic acids is 1. The zero-order chi connectivity index (χ0) is 14.0. The molecule has 1 aromatic carbocycles. The van der Waals surface area contributed by atoms with Gasteiger partial charge in [0.05, 0.1) is 10.6 Å². The molecule has 0 aromatic heterocycles. The van der Waals surface area contributed by atoms with Gasteiger partial charge in [-0.1, -0.05) is 17.7 Å². The maximum atomic E-state index is 12.2. The Hall–Kier alpha value is -1.20. The number of amides is 1. The first kappa shape index (κ1) is 14.2. The number of hydrogen-bond acceptors (Lipinski definition) is 3. The first-order valence-electron chi connectivity index (χ1n) is 5.84. The summed E-state index contributed by atoms with van der Waals surface area (Å²) in [7, 11) is 0. The van der Waals surface area contributed by atoms with Crippen LogP contribution >= 0.6 is 23.4 Å². The molecule has 0 radical (unpaired) electrons. The van der Waals surface area contributed by atoms with Crippen LogP contribution in [0.2, 0.25) is 5.02 Å². The van der Waals surface area contributed by atoms with Gasteiger partial charge in [-0.3, -0.25) is 4.79 Å². The summed E-state index contributed by atoms with van der Waals surface area (Å²) in [4.78, 5) is 23.5. The maximum Gasteiger partial charge on any atom is 0.330 e. The topological polar surface area (TPSA) is 66.4 Å². The zero-order valence-electron chi connectivity index (χ0n) is 10.4. The van der Waals surface area contributed by atoms with Crippen molar-refractivity contribution in [2.45, 2.75) is 18.9 Å². The van der Waals surface area contributed by atoms with Crippen LogP contribution in [0.5, 0.6) is 0 Å². The Bertz CT molecular complexity index is 527. The average Bonchev–Trinajstić information content (AvgIpc) is 2.78. The summed E-state index contributed by atoms with van der Waals surface area (Å²) in [6.45, 7) is 1.87. The number of halogens is 1. The molecule has 1 unspecified atom stereocenters. The molecule has 6 heteroatoms. The van der Waals surface area contributed by atoms with Gasteiger partial charge in [-0.05, 0) is 36.8 Å². The summed E-state index contributed by atoms with van der Waals surface area (Å²) >= 11 is 7.55. The third-order valence-electron chi connectivity index (χ3n) is 3.15. The standard InChI is InChI=1S/C13H14ClNO3S/c1-8-2-3-9(10(14)6-8)11(16)15-13(12(17)18)4-5-19-7-13/h2-3,6H,4-5,7H2,1H3,(H,15,16)(H,17,18). The van der Waals surface area contributed by atoms with E-state index in [0.717, 1.165) is 11.3 Å². The van der Waals surface area contributed by atoms with Crippen LogP contribution in [-0.4, -0.2) is 34.0 Å². The lowest BCUT2D eigenvalue weighted by Crippen LogP contribution is -2.54. The zero-order valence-corrected chi connectivity index (χ0v) is 12.0. The molecule has 1 aliphatic heterocycles. The minimum Gasteiger partial charge on any atom is -0.479 e. The third kappa shape index (κ3) is 2.87. The summed E-state index contributed by atoms with van der Waals surface area (Å²) in [5.74, 6) is -0.310. The van der Waals surface area contributed by atoms with Gasteiger partial charge in [-0.25, -0.2) is 4.79 Å². The first-order valence-corrected chi connectivity index (χ1v) is 7.38. The number of rotatable bonds is 3. The lowest BCUT2D eigenvalue weighted by atomic mass is 9.98. The lowest BCUT2D eigenvalue weighted by molar-refractivity contribution is -0.143. The minimum atomic E-state index is -1.17. The van der Waals surface area contributed by atoms with Gasteiger partial charge in [0.15, 0.2) is 0 Å². The van der Waals surface area contributed by atoms with E-state index in [1.807, 2.05) is 6.92 Å². The van der Waals surface area contributed by atoms with Crippen LogP contribution in [0, 0.1) is 6.92 Å². The molecule has 0 bridgehead atoms. The van der Waals surface area contributed by atoms with Crippen molar-refractivity contribution >= 4 is 35.2 Å². The Labute approximate surface area is 120 Å². The number of carbonyl (C=O) groups excluding carboxylic acids is 1. The van der Waals surface area contributed by atoms with E-state index in [1.54, 1.807) is 18.2 Å². The van der Waals surface area contributed by atoms with E-state index in [1.165, 1.54) is 11.8 Å². The number of aryl methyl sites for hydroxylation is 1. The van der Waals surface area contributed by atoms with Crippen LogP contribution < -0.4 is 5.32 Å².